The van der Waals surface area contributed by atoms with Crippen LogP contribution in [0.2, 0.25) is 5.15 Å². The SMILES string of the molecule is CNC(=O)CN1CCC(NC(=O)c2cccnc2Cl)CC1. The molecule has 0 aromatic carbocycles. The molecule has 0 aliphatic carbocycles. The van der Waals surface area contributed by atoms with Gasteiger partial charge in [0.25, 0.3) is 5.91 Å². The third-order valence-electron chi connectivity index (χ3n) is 3.57. The number of piperidine rings is 1. The lowest BCUT2D eigenvalue weighted by molar-refractivity contribution is -0.122. The van der Waals surface area contributed by atoms with Gasteiger partial charge in [-0.05, 0) is 25.0 Å². The minimum Gasteiger partial charge on any atom is -0.358 e. The number of carbonyl (C=O) groups excluding carboxylic acids is 2. The number of pyridine rings is 1. The number of hydrogen-bond donors (Lipinski definition) is 2. The zero-order valence-corrected chi connectivity index (χ0v) is 12.7. The molecule has 1 aromatic rings. The van der Waals surface area contributed by atoms with E-state index in [-0.39, 0.29) is 23.0 Å². The molecule has 2 N–H and O–H groups in total. The molecule has 7 heteroatoms. The number of amides is 2. The first-order valence-corrected chi connectivity index (χ1v) is 7.32. The number of nitrogens with zero attached hydrogens (tertiary/aromatic N) is 2. The molecule has 1 aromatic heterocycles. The first-order valence-electron chi connectivity index (χ1n) is 6.94. The van der Waals surface area contributed by atoms with Crippen molar-refractivity contribution in [2.45, 2.75) is 18.9 Å². The van der Waals surface area contributed by atoms with Crippen LogP contribution in [-0.4, -0.2) is 54.4 Å². The van der Waals surface area contributed by atoms with Gasteiger partial charge in [-0.1, -0.05) is 11.6 Å². The predicted molar refractivity (Wildman–Crippen MR) is 80.2 cm³/mol. The third kappa shape index (κ3) is 4.41. The van der Waals surface area contributed by atoms with Gasteiger partial charge < -0.3 is 10.6 Å². The Labute approximate surface area is 128 Å². The van der Waals surface area contributed by atoms with E-state index in [2.05, 4.69) is 20.5 Å². The maximum absolute atomic E-state index is 12.1. The fourth-order valence-corrected chi connectivity index (χ4v) is 2.54. The molecule has 0 radical (unpaired) electrons. The van der Waals surface area contributed by atoms with Crippen LogP contribution >= 0.6 is 11.6 Å². The first kappa shape index (κ1) is 15.7. The summed E-state index contributed by atoms with van der Waals surface area (Å²) in [6.07, 6.45) is 3.19. The van der Waals surface area contributed by atoms with Gasteiger partial charge in [-0.15, -0.1) is 0 Å². The molecule has 0 bridgehead atoms. The van der Waals surface area contributed by atoms with E-state index in [4.69, 9.17) is 11.6 Å². The molecule has 6 nitrogen and oxygen atoms in total. The van der Waals surface area contributed by atoms with Gasteiger partial charge in [0.1, 0.15) is 5.15 Å². The number of likely N-dealkylation sites (tertiary alicyclic amines) is 1. The molecule has 1 saturated heterocycles. The average Bonchev–Trinajstić information content (AvgIpc) is 2.49. The van der Waals surface area contributed by atoms with E-state index in [0.29, 0.717) is 12.1 Å². The topological polar surface area (TPSA) is 74.3 Å². The molecular weight excluding hydrogens is 292 g/mol. The predicted octanol–water partition coefficient (Wildman–Crippen LogP) is 0.675. The van der Waals surface area contributed by atoms with Crippen LogP contribution in [0.1, 0.15) is 23.2 Å². The molecule has 0 atom stereocenters. The highest BCUT2D eigenvalue weighted by molar-refractivity contribution is 6.32. The smallest absolute Gasteiger partial charge is 0.254 e. The lowest BCUT2D eigenvalue weighted by Crippen LogP contribution is -2.47. The Balaban J connectivity index is 1.82. The Bertz CT molecular complexity index is 515. The summed E-state index contributed by atoms with van der Waals surface area (Å²) in [7, 11) is 1.63. The molecular formula is C14H19ClN4O2. The van der Waals surface area contributed by atoms with E-state index in [0.717, 1.165) is 25.9 Å². The van der Waals surface area contributed by atoms with Crippen molar-refractivity contribution >= 4 is 23.4 Å². The van der Waals surface area contributed by atoms with Gasteiger partial charge in [0.15, 0.2) is 0 Å². The van der Waals surface area contributed by atoms with Gasteiger partial charge in [0, 0.05) is 32.4 Å². The summed E-state index contributed by atoms with van der Waals surface area (Å²) >= 11 is 5.91. The first-order chi connectivity index (χ1) is 10.1. The number of hydrogen-bond acceptors (Lipinski definition) is 4. The minimum atomic E-state index is -0.196. The molecule has 1 fully saturated rings. The van der Waals surface area contributed by atoms with Crippen LogP contribution in [0.3, 0.4) is 0 Å². The Morgan fingerprint density at radius 2 is 2.14 bits per heavy atom. The quantitative estimate of drug-likeness (QED) is 0.802. The maximum Gasteiger partial charge on any atom is 0.254 e. The van der Waals surface area contributed by atoms with Gasteiger partial charge in [-0.2, -0.15) is 0 Å². The summed E-state index contributed by atoms with van der Waals surface area (Å²) in [6.45, 7) is 1.99. The van der Waals surface area contributed by atoms with Crippen molar-refractivity contribution in [2.75, 3.05) is 26.7 Å². The second-order valence-corrected chi connectivity index (χ2v) is 5.40. The molecule has 2 amide bonds. The van der Waals surface area contributed by atoms with Crippen molar-refractivity contribution in [1.29, 1.82) is 0 Å². The highest BCUT2D eigenvalue weighted by Crippen LogP contribution is 2.14. The van der Waals surface area contributed by atoms with Crippen molar-refractivity contribution in [2.24, 2.45) is 0 Å². The molecule has 2 heterocycles. The van der Waals surface area contributed by atoms with E-state index in [1.807, 2.05) is 0 Å². The van der Waals surface area contributed by atoms with Crippen LogP contribution in [0.4, 0.5) is 0 Å². The van der Waals surface area contributed by atoms with Gasteiger partial charge in [-0.25, -0.2) is 4.98 Å². The number of halogens is 1. The fourth-order valence-electron chi connectivity index (χ4n) is 2.34. The lowest BCUT2D eigenvalue weighted by Gasteiger charge is -2.31. The second-order valence-electron chi connectivity index (χ2n) is 5.04. The number of nitrogens with one attached hydrogen (secondary N) is 2. The van der Waals surface area contributed by atoms with Gasteiger partial charge in [-0.3, -0.25) is 14.5 Å². The zero-order chi connectivity index (χ0) is 15.2. The van der Waals surface area contributed by atoms with Crippen molar-refractivity contribution in [3.05, 3.63) is 29.0 Å². The summed E-state index contributed by atoms with van der Waals surface area (Å²) in [5.41, 5.74) is 0.395. The van der Waals surface area contributed by atoms with E-state index in [1.165, 1.54) is 0 Å². The summed E-state index contributed by atoms with van der Waals surface area (Å²) in [5, 5.41) is 5.80. The monoisotopic (exact) mass is 310 g/mol. The summed E-state index contributed by atoms with van der Waals surface area (Å²) in [5.74, 6) is -0.183. The van der Waals surface area contributed by atoms with Crippen molar-refractivity contribution < 1.29 is 9.59 Å². The molecule has 0 unspecified atom stereocenters. The van der Waals surface area contributed by atoms with Crippen molar-refractivity contribution in [3.63, 3.8) is 0 Å². The van der Waals surface area contributed by atoms with E-state index in [1.54, 1.807) is 25.4 Å². The number of carbonyl (C=O) groups is 2. The summed E-state index contributed by atoms with van der Waals surface area (Å²) in [4.78, 5) is 29.4. The molecule has 1 aliphatic rings. The van der Waals surface area contributed by atoms with Crippen LogP contribution in [0, 0.1) is 0 Å². The average molecular weight is 311 g/mol. The Hall–Kier alpha value is -1.66. The number of likely N-dealkylation sites (N-methyl/N-ethyl adjacent to an activating group) is 1. The van der Waals surface area contributed by atoms with Crippen LogP contribution in [0.15, 0.2) is 18.3 Å². The van der Waals surface area contributed by atoms with Crippen LogP contribution in [-0.2, 0) is 4.79 Å². The van der Waals surface area contributed by atoms with E-state index < -0.39 is 0 Å². The minimum absolute atomic E-state index is 0.0135. The highest BCUT2D eigenvalue weighted by Gasteiger charge is 2.22. The zero-order valence-electron chi connectivity index (χ0n) is 11.9. The summed E-state index contributed by atoms with van der Waals surface area (Å²) in [6, 6.07) is 3.45. The standard InChI is InChI=1S/C14H19ClN4O2/c1-16-12(20)9-19-7-4-10(5-8-19)18-14(21)11-3-2-6-17-13(11)15/h2-3,6,10H,4-5,7-9H2,1H3,(H,16,20)(H,18,21). The molecule has 114 valence electrons. The van der Waals surface area contributed by atoms with Crippen LogP contribution in [0.5, 0.6) is 0 Å². The van der Waals surface area contributed by atoms with Gasteiger partial charge >= 0.3 is 0 Å². The molecule has 0 saturated carbocycles. The Kier molecular flexibility index (Phi) is 5.52. The van der Waals surface area contributed by atoms with E-state index >= 15 is 0 Å². The number of aromatic nitrogens is 1. The van der Waals surface area contributed by atoms with Crippen LogP contribution in [0.25, 0.3) is 0 Å². The Morgan fingerprint density at radius 1 is 1.43 bits per heavy atom. The normalized spacial score (nSPS) is 16.5. The largest absolute Gasteiger partial charge is 0.358 e. The maximum atomic E-state index is 12.1. The molecule has 1 aliphatic heterocycles. The highest BCUT2D eigenvalue weighted by atomic mass is 35.5. The molecule has 21 heavy (non-hydrogen) atoms. The second kappa shape index (κ2) is 7.38. The van der Waals surface area contributed by atoms with E-state index in [9.17, 15) is 9.59 Å². The molecule has 0 spiro atoms. The third-order valence-corrected chi connectivity index (χ3v) is 3.87. The molecule has 2 rings (SSSR count). The van der Waals surface area contributed by atoms with Crippen molar-refractivity contribution in [3.8, 4) is 0 Å². The van der Waals surface area contributed by atoms with Crippen LogP contribution < -0.4 is 10.6 Å². The Morgan fingerprint density at radius 3 is 2.76 bits per heavy atom. The number of rotatable bonds is 4. The summed E-state index contributed by atoms with van der Waals surface area (Å²) < 4.78 is 0. The fraction of sp³-hybridized carbons (Fsp3) is 0.500. The lowest BCUT2D eigenvalue weighted by atomic mass is 10.0. The van der Waals surface area contributed by atoms with Gasteiger partial charge in [0.2, 0.25) is 5.91 Å². The van der Waals surface area contributed by atoms with Crippen molar-refractivity contribution in [1.82, 2.24) is 20.5 Å². The van der Waals surface area contributed by atoms with Gasteiger partial charge in [0.05, 0.1) is 12.1 Å².